The van der Waals surface area contributed by atoms with Crippen LogP contribution in [-0.2, 0) is 19.2 Å². The van der Waals surface area contributed by atoms with Crippen molar-refractivity contribution in [2.75, 3.05) is 9.80 Å². The van der Waals surface area contributed by atoms with Crippen LogP contribution < -0.4 is 9.80 Å². The standard InChI is InChI=1S/C38H28N4O4/c43-35-29-21-5-6-22(17-21)30(29)36(44)41(35)25-13-9-19(10-14-25)33-27-3-1-2-4-28(27)39-34(40-33)20-11-15-26(16-12-20)42-37(45)31-23-7-8-24(18-23)32(31)38(42)46/h1-16,21-24,29-32H,17-18H2/t21-,22-,23-,24-,29-,30-,31-,32+/m0/s1. The number of amides is 4. The van der Waals surface area contributed by atoms with E-state index in [0.717, 1.165) is 40.6 Å². The molecule has 4 amide bonds. The molecule has 4 aromatic rings. The number of carbonyl (C=O) groups excluding carboxylic acids is 4. The smallest absolute Gasteiger partial charge is 0.238 e. The minimum absolute atomic E-state index is 0.0950. The van der Waals surface area contributed by atoms with E-state index >= 15 is 0 Å². The number of hydrogen-bond acceptors (Lipinski definition) is 6. The summed E-state index contributed by atoms with van der Waals surface area (Å²) in [5.41, 5.74) is 4.26. The highest BCUT2D eigenvalue weighted by Crippen LogP contribution is 2.54. The summed E-state index contributed by atoms with van der Waals surface area (Å²) in [6.45, 7) is 0. The van der Waals surface area contributed by atoms with Gasteiger partial charge in [0.2, 0.25) is 23.6 Å². The average molecular weight is 605 g/mol. The second-order valence-corrected chi connectivity index (χ2v) is 13.5. The van der Waals surface area contributed by atoms with E-state index in [0.29, 0.717) is 17.2 Å². The lowest BCUT2D eigenvalue weighted by Gasteiger charge is -2.18. The summed E-state index contributed by atoms with van der Waals surface area (Å²) in [4.78, 5) is 65.9. The molecule has 6 aliphatic rings. The summed E-state index contributed by atoms with van der Waals surface area (Å²) in [5, 5.41) is 0.879. The van der Waals surface area contributed by atoms with E-state index in [1.807, 2.05) is 60.7 Å². The zero-order chi connectivity index (χ0) is 30.8. The fraction of sp³-hybridized carbons (Fsp3) is 0.263. The van der Waals surface area contributed by atoms with E-state index in [1.165, 1.54) is 9.80 Å². The second kappa shape index (κ2) is 9.16. The summed E-state index contributed by atoms with van der Waals surface area (Å²) >= 11 is 0. The summed E-state index contributed by atoms with van der Waals surface area (Å²) in [5.74, 6) is -0.178. The van der Waals surface area contributed by atoms with Crippen LogP contribution in [0.2, 0.25) is 0 Å². The van der Waals surface area contributed by atoms with Crippen LogP contribution >= 0.6 is 0 Å². The van der Waals surface area contributed by atoms with Gasteiger partial charge in [-0.05, 0) is 79.0 Å². The summed E-state index contributed by atoms with van der Waals surface area (Å²) in [6.07, 6.45) is 10.2. The Morgan fingerprint density at radius 3 is 1.41 bits per heavy atom. The maximum absolute atomic E-state index is 13.4. The van der Waals surface area contributed by atoms with Gasteiger partial charge in [0.1, 0.15) is 0 Å². The third-order valence-electron chi connectivity index (χ3n) is 11.3. The molecule has 3 heterocycles. The topological polar surface area (TPSA) is 101 Å². The molecular weight excluding hydrogens is 576 g/mol. The fourth-order valence-corrected chi connectivity index (χ4v) is 9.27. The van der Waals surface area contributed by atoms with E-state index in [9.17, 15) is 19.2 Å². The quantitative estimate of drug-likeness (QED) is 0.223. The molecule has 4 fully saturated rings. The number of aromatic nitrogens is 2. The number of anilines is 2. The van der Waals surface area contributed by atoms with E-state index in [2.05, 4.69) is 24.3 Å². The number of nitrogens with zero attached hydrogens (tertiary/aromatic N) is 4. The van der Waals surface area contributed by atoms with Crippen molar-refractivity contribution in [2.24, 2.45) is 47.3 Å². The van der Waals surface area contributed by atoms with Gasteiger partial charge in [0.05, 0.1) is 46.3 Å². The fourth-order valence-electron chi connectivity index (χ4n) is 9.27. The van der Waals surface area contributed by atoms with Gasteiger partial charge in [0, 0.05) is 16.5 Å². The van der Waals surface area contributed by atoms with Gasteiger partial charge in [-0.15, -0.1) is 0 Å². The number of fused-ring (bicyclic) bond motifs is 11. The molecule has 3 aromatic carbocycles. The predicted molar refractivity (Wildman–Crippen MR) is 171 cm³/mol. The van der Waals surface area contributed by atoms with Gasteiger partial charge in [-0.25, -0.2) is 9.97 Å². The van der Waals surface area contributed by atoms with Crippen molar-refractivity contribution in [1.29, 1.82) is 0 Å². The average Bonchev–Trinajstić information content (AvgIpc) is 3.94. The van der Waals surface area contributed by atoms with Crippen molar-refractivity contribution in [2.45, 2.75) is 12.8 Å². The molecule has 46 heavy (non-hydrogen) atoms. The molecule has 4 bridgehead atoms. The number of carbonyl (C=O) groups is 4. The molecule has 1 aromatic heterocycles. The summed E-state index contributed by atoms with van der Waals surface area (Å²) < 4.78 is 0. The van der Waals surface area contributed by atoms with Gasteiger partial charge in [0.25, 0.3) is 0 Å². The number of rotatable bonds is 4. The molecule has 0 radical (unpaired) electrons. The third-order valence-corrected chi connectivity index (χ3v) is 11.3. The number of para-hydroxylation sites is 1. The van der Waals surface area contributed by atoms with Crippen LogP contribution in [0.15, 0.2) is 97.1 Å². The molecule has 8 atom stereocenters. The molecule has 0 N–H and O–H groups in total. The lowest BCUT2D eigenvalue weighted by molar-refractivity contribution is -0.124. The molecule has 224 valence electrons. The SMILES string of the molecule is O=C1[C@@H]2[C@@H](C(=O)N1c1ccc(-c3nc(-c4ccc(N5C(=O)[C@@H]6[C@H](C5=O)[C@H]5C=C[C@H]6C5)cc4)nc4ccccc34)cc1)[C@H]1C=C[C@H]2C1. The monoisotopic (exact) mass is 604 g/mol. The Bertz CT molecular complexity index is 2040. The molecule has 0 spiro atoms. The van der Waals surface area contributed by atoms with Gasteiger partial charge in [0.15, 0.2) is 5.82 Å². The molecule has 0 unspecified atom stereocenters. The van der Waals surface area contributed by atoms with Crippen LogP contribution in [-0.4, -0.2) is 33.6 Å². The maximum atomic E-state index is 13.4. The molecule has 8 nitrogen and oxygen atoms in total. The van der Waals surface area contributed by atoms with Crippen molar-refractivity contribution in [3.05, 3.63) is 97.1 Å². The number of hydrogen-bond donors (Lipinski definition) is 0. The Balaban J connectivity index is 0.968. The predicted octanol–water partition coefficient (Wildman–Crippen LogP) is 5.59. The van der Waals surface area contributed by atoms with E-state index < -0.39 is 0 Å². The Morgan fingerprint density at radius 2 is 0.935 bits per heavy atom. The lowest BCUT2D eigenvalue weighted by Crippen LogP contribution is -2.32. The first-order valence-corrected chi connectivity index (χ1v) is 16.1. The third kappa shape index (κ3) is 3.39. The van der Waals surface area contributed by atoms with Crippen LogP contribution in [0.1, 0.15) is 12.8 Å². The maximum Gasteiger partial charge on any atom is 0.238 e. The van der Waals surface area contributed by atoms with E-state index in [1.54, 1.807) is 12.1 Å². The first-order chi connectivity index (χ1) is 22.5. The summed E-state index contributed by atoms with van der Waals surface area (Å²) in [7, 11) is 0. The Labute approximate surface area is 264 Å². The molecule has 10 rings (SSSR count). The van der Waals surface area contributed by atoms with Gasteiger partial charge in [-0.3, -0.25) is 29.0 Å². The van der Waals surface area contributed by atoms with Crippen LogP contribution in [0.5, 0.6) is 0 Å². The molecule has 2 saturated carbocycles. The first kappa shape index (κ1) is 26.0. The van der Waals surface area contributed by atoms with Crippen LogP contribution in [0.4, 0.5) is 11.4 Å². The number of imide groups is 2. The largest absolute Gasteiger partial charge is 0.274 e. The molecular formula is C38H28N4O4. The van der Waals surface area contributed by atoms with Crippen molar-refractivity contribution in [1.82, 2.24) is 9.97 Å². The van der Waals surface area contributed by atoms with E-state index in [-0.39, 0.29) is 71.0 Å². The van der Waals surface area contributed by atoms with Crippen LogP contribution in [0.25, 0.3) is 33.5 Å². The minimum atomic E-state index is -0.242. The van der Waals surface area contributed by atoms with Crippen molar-refractivity contribution >= 4 is 45.9 Å². The van der Waals surface area contributed by atoms with Crippen molar-refractivity contribution < 1.29 is 19.2 Å². The lowest BCUT2D eigenvalue weighted by atomic mass is 9.85. The molecule has 2 aliphatic heterocycles. The van der Waals surface area contributed by atoms with E-state index in [4.69, 9.17) is 9.97 Å². The molecule has 8 heteroatoms. The Morgan fingerprint density at radius 1 is 0.500 bits per heavy atom. The normalized spacial score (nSPS) is 31.7. The van der Waals surface area contributed by atoms with Gasteiger partial charge >= 0.3 is 0 Å². The van der Waals surface area contributed by atoms with Gasteiger partial charge in [-0.2, -0.15) is 0 Å². The van der Waals surface area contributed by atoms with Gasteiger partial charge in [-0.1, -0.05) is 54.6 Å². The Hall–Kier alpha value is -5.24. The first-order valence-electron chi connectivity index (χ1n) is 16.1. The zero-order valence-corrected chi connectivity index (χ0v) is 24.7. The van der Waals surface area contributed by atoms with Crippen LogP contribution in [0, 0.1) is 47.3 Å². The zero-order valence-electron chi connectivity index (χ0n) is 24.7. The minimum Gasteiger partial charge on any atom is -0.274 e. The van der Waals surface area contributed by atoms with Crippen molar-refractivity contribution in [3.63, 3.8) is 0 Å². The highest BCUT2D eigenvalue weighted by Gasteiger charge is 2.60. The second-order valence-electron chi connectivity index (χ2n) is 13.5. The highest BCUT2D eigenvalue weighted by molar-refractivity contribution is 6.23. The summed E-state index contributed by atoms with van der Waals surface area (Å²) in [6, 6.07) is 22.6. The van der Waals surface area contributed by atoms with Crippen molar-refractivity contribution in [3.8, 4) is 22.6 Å². The Kier molecular flexibility index (Phi) is 5.18. The molecule has 2 saturated heterocycles. The number of benzene rings is 3. The molecule has 4 aliphatic carbocycles. The highest BCUT2D eigenvalue weighted by atomic mass is 16.2. The van der Waals surface area contributed by atoms with Gasteiger partial charge < -0.3 is 0 Å². The van der Waals surface area contributed by atoms with Crippen LogP contribution in [0.3, 0.4) is 0 Å². The number of allylic oxidation sites excluding steroid dienone is 4.